The molecule has 2 heterocycles. The minimum absolute atomic E-state index is 0.101. The van der Waals surface area contributed by atoms with Gasteiger partial charge in [0.15, 0.2) is 0 Å². The fourth-order valence-corrected chi connectivity index (χ4v) is 2.85. The number of benzene rings is 2. The summed E-state index contributed by atoms with van der Waals surface area (Å²) in [6.45, 7) is 1.92. The number of nitrogens with one attached hydrogen (secondary N) is 1. The molecule has 0 atom stereocenters. The van der Waals surface area contributed by atoms with E-state index in [0.29, 0.717) is 28.7 Å². The topological polar surface area (TPSA) is 77.1 Å². The third-order valence-electron chi connectivity index (χ3n) is 4.26. The monoisotopic (exact) mass is 403 g/mol. The highest BCUT2D eigenvalue weighted by atomic mass is 19.1. The van der Waals surface area contributed by atoms with Gasteiger partial charge in [0.25, 0.3) is 0 Å². The van der Waals surface area contributed by atoms with Gasteiger partial charge in [-0.25, -0.2) is 4.39 Å². The lowest BCUT2D eigenvalue weighted by Gasteiger charge is -2.12. The van der Waals surface area contributed by atoms with Crippen LogP contribution in [0.25, 0.3) is 11.4 Å². The maximum atomic E-state index is 13.0. The molecule has 0 saturated carbocycles. The lowest BCUT2D eigenvalue weighted by Crippen LogP contribution is -2.16. The highest BCUT2D eigenvalue weighted by molar-refractivity contribution is 5.62. The summed E-state index contributed by atoms with van der Waals surface area (Å²) in [6, 6.07) is 18.6. The molecule has 0 aliphatic carbocycles. The first-order chi connectivity index (χ1) is 14.6. The minimum atomic E-state index is -0.467. The smallest absolute Gasteiger partial charge is 0.315 e. The Labute approximate surface area is 172 Å². The van der Waals surface area contributed by atoms with Gasteiger partial charge in [0.2, 0.25) is 5.75 Å². The first-order valence-corrected chi connectivity index (χ1v) is 9.26. The molecule has 6 nitrogen and oxygen atoms in total. The number of nitrogens with zero attached hydrogens (tertiary/aromatic N) is 2. The molecule has 2 aromatic heterocycles. The van der Waals surface area contributed by atoms with Gasteiger partial charge in [0.05, 0.1) is 11.9 Å². The van der Waals surface area contributed by atoms with Crippen LogP contribution < -0.4 is 15.0 Å². The summed E-state index contributed by atoms with van der Waals surface area (Å²) in [5, 5.41) is 0. The minimum Gasteiger partial charge on any atom is -0.481 e. The van der Waals surface area contributed by atoms with Crippen molar-refractivity contribution >= 4 is 0 Å². The van der Waals surface area contributed by atoms with Gasteiger partial charge < -0.3 is 14.5 Å². The van der Waals surface area contributed by atoms with Crippen molar-refractivity contribution in [3.63, 3.8) is 0 Å². The molecular weight excluding hydrogens is 385 g/mol. The van der Waals surface area contributed by atoms with Crippen molar-refractivity contribution in [3.05, 3.63) is 100 Å². The normalized spacial score (nSPS) is 10.6. The molecule has 30 heavy (non-hydrogen) atoms. The van der Waals surface area contributed by atoms with Crippen LogP contribution in [-0.4, -0.2) is 15.0 Å². The van der Waals surface area contributed by atoms with Crippen LogP contribution in [0.5, 0.6) is 17.2 Å². The first-order valence-electron chi connectivity index (χ1n) is 9.26. The molecule has 0 unspecified atom stereocenters. The molecule has 4 rings (SSSR count). The largest absolute Gasteiger partial charge is 0.481 e. The zero-order valence-corrected chi connectivity index (χ0v) is 16.1. The molecule has 0 radical (unpaired) electrons. The van der Waals surface area contributed by atoms with E-state index in [1.54, 1.807) is 19.1 Å². The summed E-state index contributed by atoms with van der Waals surface area (Å²) < 4.78 is 24.5. The predicted octanol–water partition coefficient (Wildman–Crippen LogP) is 4.65. The molecule has 0 spiro atoms. The molecule has 0 aliphatic heterocycles. The summed E-state index contributed by atoms with van der Waals surface area (Å²) >= 11 is 0. The van der Waals surface area contributed by atoms with E-state index < -0.39 is 5.56 Å². The highest BCUT2D eigenvalue weighted by Crippen LogP contribution is 2.27. The third-order valence-corrected chi connectivity index (χ3v) is 4.26. The van der Waals surface area contributed by atoms with E-state index in [-0.39, 0.29) is 18.2 Å². The quantitative estimate of drug-likeness (QED) is 0.507. The average Bonchev–Trinajstić information content (AvgIpc) is 2.75. The molecule has 0 saturated heterocycles. The maximum absolute atomic E-state index is 13.0. The molecule has 4 aromatic rings. The predicted molar refractivity (Wildman–Crippen MR) is 110 cm³/mol. The number of hydrogen-bond acceptors (Lipinski definition) is 5. The Balaban J connectivity index is 1.59. The maximum Gasteiger partial charge on any atom is 0.315 e. The number of aromatic amines is 1. The second kappa shape index (κ2) is 8.57. The second-order valence-corrected chi connectivity index (χ2v) is 6.54. The van der Waals surface area contributed by atoms with Crippen LogP contribution in [-0.2, 0) is 6.61 Å². The van der Waals surface area contributed by atoms with Crippen LogP contribution >= 0.6 is 0 Å². The number of halogens is 1. The Morgan fingerprint density at radius 3 is 2.40 bits per heavy atom. The summed E-state index contributed by atoms with van der Waals surface area (Å²) in [4.78, 5) is 23.8. The molecule has 2 aromatic carbocycles. The van der Waals surface area contributed by atoms with Crippen LogP contribution in [0.3, 0.4) is 0 Å². The van der Waals surface area contributed by atoms with E-state index in [9.17, 15) is 9.18 Å². The summed E-state index contributed by atoms with van der Waals surface area (Å²) in [5.41, 5.74) is 1.41. The van der Waals surface area contributed by atoms with Gasteiger partial charge in [0.1, 0.15) is 35.4 Å². The van der Waals surface area contributed by atoms with Gasteiger partial charge in [0, 0.05) is 0 Å². The summed E-state index contributed by atoms with van der Waals surface area (Å²) in [6.07, 6.45) is 1.52. The fourth-order valence-electron chi connectivity index (χ4n) is 2.85. The number of H-pyrrole nitrogens is 1. The van der Waals surface area contributed by atoms with Crippen LogP contribution in [0.15, 0.2) is 77.7 Å². The summed E-state index contributed by atoms with van der Waals surface area (Å²) in [7, 11) is 0. The Kier molecular flexibility index (Phi) is 5.52. The van der Waals surface area contributed by atoms with Gasteiger partial charge >= 0.3 is 5.56 Å². The van der Waals surface area contributed by atoms with E-state index in [1.165, 1.54) is 30.5 Å². The average molecular weight is 403 g/mol. The van der Waals surface area contributed by atoms with E-state index in [1.807, 2.05) is 30.3 Å². The molecule has 150 valence electrons. The van der Waals surface area contributed by atoms with Gasteiger partial charge in [-0.1, -0.05) is 30.3 Å². The number of rotatable bonds is 6. The van der Waals surface area contributed by atoms with Crippen molar-refractivity contribution in [1.82, 2.24) is 15.0 Å². The third kappa shape index (κ3) is 4.52. The first kappa shape index (κ1) is 19.3. The molecule has 7 heteroatoms. The standard InChI is InChI=1S/C23H18FN3O3/c1-15-26-21(22(23(28)27-15)29-14-16-5-3-2-4-6-16)20-12-11-19(13-25-20)30-18-9-7-17(24)8-10-18/h2-13H,14H2,1H3,(H,26,27,28). The highest BCUT2D eigenvalue weighted by Gasteiger charge is 2.15. The molecule has 0 bridgehead atoms. The lowest BCUT2D eigenvalue weighted by atomic mass is 10.2. The number of aromatic nitrogens is 3. The van der Waals surface area contributed by atoms with Crippen LogP contribution in [0.1, 0.15) is 11.4 Å². The van der Waals surface area contributed by atoms with E-state index >= 15 is 0 Å². The van der Waals surface area contributed by atoms with Gasteiger partial charge in [-0.3, -0.25) is 9.78 Å². The molecule has 0 fully saturated rings. The van der Waals surface area contributed by atoms with E-state index in [2.05, 4.69) is 15.0 Å². The van der Waals surface area contributed by atoms with E-state index in [0.717, 1.165) is 5.56 Å². The number of pyridine rings is 1. The van der Waals surface area contributed by atoms with Crippen molar-refractivity contribution in [2.75, 3.05) is 0 Å². The summed E-state index contributed by atoms with van der Waals surface area (Å²) in [5.74, 6) is 1.19. The number of ether oxygens (including phenoxy) is 2. The molecular formula is C23H18FN3O3. The Hall–Kier alpha value is -4.00. The van der Waals surface area contributed by atoms with Crippen molar-refractivity contribution < 1.29 is 13.9 Å². The Bertz CT molecular complexity index is 1190. The lowest BCUT2D eigenvalue weighted by molar-refractivity contribution is 0.301. The second-order valence-electron chi connectivity index (χ2n) is 6.54. The van der Waals surface area contributed by atoms with Gasteiger partial charge in [-0.2, -0.15) is 4.98 Å². The van der Waals surface area contributed by atoms with Gasteiger partial charge in [-0.05, 0) is 48.9 Å². The number of hydrogen-bond donors (Lipinski definition) is 1. The van der Waals surface area contributed by atoms with Gasteiger partial charge in [-0.15, -0.1) is 0 Å². The molecule has 1 N–H and O–H groups in total. The zero-order valence-electron chi connectivity index (χ0n) is 16.1. The molecule has 0 aliphatic rings. The zero-order chi connectivity index (χ0) is 20.9. The Morgan fingerprint density at radius 1 is 0.967 bits per heavy atom. The van der Waals surface area contributed by atoms with Crippen LogP contribution in [0, 0.1) is 12.7 Å². The van der Waals surface area contributed by atoms with Crippen LogP contribution in [0.2, 0.25) is 0 Å². The van der Waals surface area contributed by atoms with Crippen molar-refractivity contribution in [1.29, 1.82) is 0 Å². The molecule has 0 amide bonds. The Morgan fingerprint density at radius 2 is 1.70 bits per heavy atom. The fraction of sp³-hybridized carbons (Fsp3) is 0.0870. The van der Waals surface area contributed by atoms with E-state index in [4.69, 9.17) is 9.47 Å². The van der Waals surface area contributed by atoms with Crippen molar-refractivity contribution in [2.45, 2.75) is 13.5 Å². The number of aryl methyl sites for hydroxylation is 1. The van der Waals surface area contributed by atoms with Crippen molar-refractivity contribution in [2.24, 2.45) is 0 Å². The van der Waals surface area contributed by atoms with Crippen molar-refractivity contribution in [3.8, 4) is 28.6 Å². The SMILES string of the molecule is Cc1nc(=O)c(OCc2ccccc2)c(-c2ccc(Oc3ccc(F)cc3)cn2)[nH]1. The van der Waals surface area contributed by atoms with Crippen LogP contribution in [0.4, 0.5) is 4.39 Å².